The molecule has 0 saturated carbocycles. The van der Waals surface area contributed by atoms with Gasteiger partial charge in [-0.2, -0.15) is 5.10 Å². The van der Waals surface area contributed by atoms with Crippen LogP contribution in [0.1, 0.15) is 41.6 Å². The lowest BCUT2D eigenvalue weighted by Crippen LogP contribution is -2.34. The molecular formula is C24H22N2O4S. The average Bonchev–Trinajstić information content (AvgIpc) is 3.48. The number of thiophene rings is 1. The summed E-state index contributed by atoms with van der Waals surface area (Å²) in [4.78, 5) is 13.0. The summed E-state index contributed by atoms with van der Waals surface area (Å²) in [5.41, 5.74) is 3.00. The smallest absolute Gasteiger partial charge is 0.344 e. The SMILES string of the molecule is CCOC(=O)COc1ccccc1[C@H]1Oc2ccccc2[C@@H]2CC(c3cccs3)=NN12. The minimum absolute atomic E-state index is 0.0742. The lowest BCUT2D eigenvalue weighted by atomic mass is 9.97. The van der Waals surface area contributed by atoms with Gasteiger partial charge in [0.2, 0.25) is 6.23 Å². The first-order valence-electron chi connectivity index (χ1n) is 10.3. The fourth-order valence-corrected chi connectivity index (χ4v) is 4.71. The molecule has 2 aliphatic rings. The lowest BCUT2D eigenvalue weighted by Gasteiger charge is -2.38. The third-order valence-corrected chi connectivity index (χ3v) is 6.26. The van der Waals surface area contributed by atoms with E-state index in [1.165, 1.54) is 0 Å². The summed E-state index contributed by atoms with van der Waals surface area (Å²) in [6.45, 7) is 1.94. The van der Waals surface area contributed by atoms with Crippen LogP contribution in [0.4, 0.5) is 0 Å². The maximum Gasteiger partial charge on any atom is 0.344 e. The predicted octanol–water partition coefficient (Wildman–Crippen LogP) is 4.93. The Bertz CT molecular complexity index is 1110. The number of hydrogen-bond acceptors (Lipinski definition) is 7. The van der Waals surface area contributed by atoms with Gasteiger partial charge in [-0.05, 0) is 36.6 Å². The first-order valence-corrected chi connectivity index (χ1v) is 11.1. The molecule has 3 heterocycles. The molecular weight excluding hydrogens is 412 g/mol. The maximum absolute atomic E-state index is 11.8. The van der Waals surface area contributed by atoms with E-state index in [0.717, 1.165) is 33.9 Å². The number of hydrogen-bond donors (Lipinski definition) is 0. The minimum Gasteiger partial charge on any atom is -0.481 e. The topological polar surface area (TPSA) is 60.4 Å². The monoisotopic (exact) mass is 434 g/mol. The lowest BCUT2D eigenvalue weighted by molar-refractivity contribution is -0.145. The van der Waals surface area contributed by atoms with Crippen molar-refractivity contribution in [1.29, 1.82) is 0 Å². The van der Waals surface area contributed by atoms with Gasteiger partial charge in [0.15, 0.2) is 6.61 Å². The van der Waals surface area contributed by atoms with Crippen LogP contribution >= 0.6 is 11.3 Å². The second kappa shape index (κ2) is 8.43. The molecule has 0 amide bonds. The second-order valence-corrected chi connectivity index (χ2v) is 8.21. The molecule has 7 heteroatoms. The number of nitrogens with zero attached hydrogens (tertiary/aromatic N) is 2. The van der Waals surface area contributed by atoms with E-state index in [9.17, 15) is 4.79 Å². The van der Waals surface area contributed by atoms with Crippen LogP contribution in [0.25, 0.3) is 0 Å². The predicted molar refractivity (Wildman–Crippen MR) is 118 cm³/mol. The first kappa shape index (κ1) is 19.6. The molecule has 2 atom stereocenters. The summed E-state index contributed by atoms with van der Waals surface area (Å²) in [5, 5.41) is 9.05. The molecule has 0 bridgehead atoms. The zero-order valence-electron chi connectivity index (χ0n) is 17.1. The number of para-hydroxylation sites is 2. The van der Waals surface area contributed by atoms with Crippen molar-refractivity contribution in [2.45, 2.75) is 25.6 Å². The number of fused-ring (bicyclic) bond motifs is 3. The van der Waals surface area contributed by atoms with Gasteiger partial charge in [0, 0.05) is 12.0 Å². The molecule has 31 heavy (non-hydrogen) atoms. The van der Waals surface area contributed by atoms with Crippen molar-refractivity contribution in [2.75, 3.05) is 13.2 Å². The molecule has 0 radical (unpaired) electrons. The Hall–Kier alpha value is -3.32. The van der Waals surface area contributed by atoms with Gasteiger partial charge in [0.05, 0.1) is 28.8 Å². The highest BCUT2D eigenvalue weighted by Gasteiger charge is 2.42. The number of benzene rings is 2. The number of ether oxygens (including phenoxy) is 3. The van der Waals surface area contributed by atoms with E-state index >= 15 is 0 Å². The van der Waals surface area contributed by atoms with Gasteiger partial charge in [-0.25, -0.2) is 9.80 Å². The highest BCUT2D eigenvalue weighted by Crippen LogP contribution is 2.48. The van der Waals surface area contributed by atoms with E-state index in [1.807, 2.05) is 53.5 Å². The van der Waals surface area contributed by atoms with Crippen LogP contribution < -0.4 is 9.47 Å². The zero-order chi connectivity index (χ0) is 21.2. The Morgan fingerprint density at radius 1 is 1.13 bits per heavy atom. The van der Waals surface area contributed by atoms with Crippen molar-refractivity contribution < 1.29 is 19.0 Å². The molecule has 3 aromatic rings. The quantitative estimate of drug-likeness (QED) is 0.515. The van der Waals surface area contributed by atoms with Crippen LogP contribution in [0.15, 0.2) is 71.1 Å². The van der Waals surface area contributed by atoms with Gasteiger partial charge in [0.1, 0.15) is 11.5 Å². The van der Waals surface area contributed by atoms with Crippen molar-refractivity contribution >= 4 is 23.0 Å². The first-order chi connectivity index (χ1) is 15.2. The minimum atomic E-state index is -0.462. The summed E-state index contributed by atoms with van der Waals surface area (Å²) >= 11 is 1.69. The van der Waals surface area contributed by atoms with E-state index < -0.39 is 12.2 Å². The molecule has 5 rings (SSSR count). The number of esters is 1. The van der Waals surface area contributed by atoms with Crippen LogP contribution in [-0.2, 0) is 9.53 Å². The molecule has 2 aliphatic heterocycles. The van der Waals surface area contributed by atoms with Crippen LogP contribution in [-0.4, -0.2) is 29.9 Å². The van der Waals surface area contributed by atoms with E-state index in [4.69, 9.17) is 19.3 Å². The highest BCUT2D eigenvalue weighted by atomic mass is 32.1. The van der Waals surface area contributed by atoms with Gasteiger partial charge in [-0.3, -0.25) is 0 Å². The van der Waals surface area contributed by atoms with Crippen molar-refractivity contribution in [3.63, 3.8) is 0 Å². The molecule has 2 aromatic carbocycles. The second-order valence-electron chi connectivity index (χ2n) is 7.26. The normalized spacial score (nSPS) is 19.1. The van der Waals surface area contributed by atoms with Crippen molar-refractivity contribution in [3.8, 4) is 11.5 Å². The molecule has 0 spiro atoms. The van der Waals surface area contributed by atoms with E-state index in [1.54, 1.807) is 18.3 Å². The maximum atomic E-state index is 11.8. The molecule has 158 valence electrons. The van der Waals surface area contributed by atoms with Crippen LogP contribution in [0.5, 0.6) is 11.5 Å². The summed E-state index contributed by atoms with van der Waals surface area (Å²) in [6, 6.07) is 19.9. The van der Waals surface area contributed by atoms with E-state index in [0.29, 0.717) is 12.4 Å². The Balaban J connectivity index is 1.51. The molecule has 6 nitrogen and oxygen atoms in total. The fourth-order valence-electron chi connectivity index (χ4n) is 3.99. The molecule has 0 unspecified atom stereocenters. The zero-order valence-corrected chi connectivity index (χ0v) is 17.9. The van der Waals surface area contributed by atoms with Gasteiger partial charge in [-0.15, -0.1) is 11.3 Å². The Morgan fingerprint density at radius 3 is 2.74 bits per heavy atom. The summed E-state index contributed by atoms with van der Waals surface area (Å²) in [6.07, 6.45) is 0.347. The van der Waals surface area contributed by atoms with E-state index in [2.05, 4.69) is 17.5 Å². The van der Waals surface area contributed by atoms with Gasteiger partial charge in [-0.1, -0.05) is 36.4 Å². The highest BCUT2D eigenvalue weighted by molar-refractivity contribution is 7.12. The fraction of sp³-hybridized carbons (Fsp3) is 0.250. The van der Waals surface area contributed by atoms with Gasteiger partial charge >= 0.3 is 5.97 Å². The summed E-state index contributed by atoms with van der Waals surface area (Å²) < 4.78 is 17.2. The van der Waals surface area contributed by atoms with Crippen molar-refractivity contribution in [1.82, 2.24) is 5.01 Å². The molecule has 0 saturated heterocycles. The Labute approximate surface area is 184 Å². The third-order valence-electron chi connectivity index (χ3n) is 5.34. The molecule has 0 aliphatic carbocycles. The Morgan fingerprint density at radius 2 is 1.94 bits per heavy atom. The molecule has 0 fully saturated rings. The van der Waals surface area contributed by atoms with E-state index in [-0.39, 0.29) is 12.6 Å². The molecule has 1 aromatic heterocycles. The third kappa shape index (κ3) is 3.77. The largest absolute Gasteiger partial charge is 0.481 e. The summed E-state index contributed by atoms with van der Waals surface area (Å²) in [5.74, 6) is 1.03. The van der Waals surface area contributed by atoms with Crippen molar-refractivity contribution in [3.05, 3.63) is 82.0 Å². The number of hydrazone groups is 1. The number of carbonyl (C=O) groups is 1. The number of rotatable bonds is 6. The van der Waals surface area contributed by atoms with Crippen molar-refractivity contribution in [2.24, 2.45) is 5.10 Å². The number of carbonyl (C=O) groups excluding carboxylic acids is 1. The van der Waals surface area contributed by atoms with Crippen LogP contribution in [0, 0.1) is 0 Å². The van der Waals surface area contributed by atoms with Crippen LogP contribution in [0.3, 0.4) is 0 Å². The van der Waals surface area contributed by atoms with Crippen LogP contribution in [0.2, 0.25) is 0 Å². The Kier molecular flexibility index (Phi) is 5.34. The average molecular weight is 435 g/mol. The molecule has 0 N–H and O–H groups in total. The van der Waals surface area contributed by atoms with Gasteiger partial charge in [0.25, 0.3) is 0 Å². The standard InChI is InChI=1S/C24H22N2O4S/c1-2-28-23(27)15-29-20-10-5-4-9-17(20)24-26-19(16-8-3-6-11-21(16)30-24)14-18(25-26)22-12-7-13-31-22/h3-13,19,24H,2,14-15H2,1H3/t19-,24+/m0/s1. The summed E-state index contributed by atoms with van der Waals surface area (Å²) in [7, 11) is 0. The van der Waals surface area contributed by atoms with Gasteiger partial charge < -0.3 is 14.2 Å².